The monoisotopic (exact) mass is 213 g/mol. The number of esters is 1. The number of ether oxygens (including phenoxy) is 2. The Balaban J connectivity index is 3.22. The first-order chi connectivity index (χ1) is 7.20. The van der Waals surface area contributed by atoms with Crippen LogP contribution in [0, 0.1) is 11.3 Å². The highest BCUT2D eigenvalue weighted by molar-refractivity contribution is 5.81. The van der Waals surface area contributed by atoms with E-state index in [2.05, 4.69) is 6.58 Å². The van der Waals surface area contributed by atoms with Gasteiger partial charge >= 0.3 is 5.97 Å². The Morgan fingerprint density at radius 2 is 2.20 bits per heavy atom. The van der Waals surface area contributed by atoms with E-state index in [0.717, 1.165) is 6.08 Å². The second-order valence-corrected chi connectivity index (χ2v) is 2.77. The molecule has 0 spiro atoms. The first-order valence-corrected chi connectivity index (χ1v) is 4.66. The van der Waals surface area contributed by atoms with Gasteiger partial charge in [0.2, 0.25) is 0 Å². The van der Waals surface area contributed by atoms with Crippen molar-refractivity contribution in [2.45, 2.75) is 25.6 Å². The van der Waals surface area contributed by atoms with Crippen LogP contribution < -0.4 is 0 Å². The topological polar surface area (TPSA) is 79.6 Å². The lowest BCUT2D eigenvalue weighted by atomic mass is 10.3. The lowest BCUT2D eigenvalue weighted by Gasteiger charge is -2.07. The van der Waals surface area contributed by atoms with Crippen molar-refractivity contribution in [3.05, 3.63) is 12.7 Å². The van der Waals surface area contributed by atoms with Crippen molar-refractivity contribution in [1.82, 2.24) is 0 Å². The van der Waals surface area contributed by atoms with Crippen molar-refractivity contribution < 1.29 is 19.4 Å². The predicted octanol–water partition coefficient (Wildman–Crippen LogP) is 0.744. The molecule has 0 heterocycles. The van der Waals surface area contributed by atoms with Gasteiger partial charge in [0.05, 0.1) is 19.1 Å². The predicted molar refractivity (Wildman–Crippen MR) is 52.6 cm³/mol. The minimum atomic E-state index is -1.02. The van der Waals surface area contributed by atoms with Crippen LogP contribution in [0.5, 0.6) is 0 Å². The zero-order chi connectivity index (χ0) is 11.5. The average Bonchev–Trinajstić information content (AvgIpc) is 2.23. The number of nitriles is 1. The van der Waals surface area contributed by atoms with Crippen LogP contribution in [0.15, 0.2) is 12.7 Å². The molecule has 0 aliphatic heterocycles. The van der Waals surface area contributed by atoms with Gasteiger partial charge in [-0.1, -0.05) is 6.58 Å². The maximum atomic E-state index is 10.6. The number of hydrogen-bond acceptors (Lipinski definition) is 5. The maximum absolute atomic E-state index is 10.6. The number of rotatable bonds is 8. The zero-order valence-corrected chi connectivity index (χ0v) is 8.52. The molecule has 0 aliphatic rings. The molecule has 0 aromatic heterocycles. The molecule has 0 bridgehead atoms. The van der Waals surface area contributed by atoms with Crippen LogP contribution in [0.1, 0.15) is 19.3 Å². The average molecular weight is 213 g/mol. The summed E-state index contributed by atoms with van der Waals surface area (Å²) in [6.45, 7) is 3.91. The molecule has 0 aromatic carbocycles. The Bertz CT molecular complexity index is 234. The fourth-order valence-electron chi connectivity index (χ4n) is 0.792. The van der Waals surface area contributed by atoms with Crippen LogP contribution in [0.3, 0.4) is 0 Å². The third kappa shape index (κ3) is 8.94. The van der Waals surface area contributed by atoms with Crippen molar-refractivity contribution >= 4 is 5.97 Å². The molecule has 0 rings (SSSR count). The van der Waals surface area contributed by atoms with E-state index in [1.165, 1.54) is 0 Å². The molecule has 15 heavy (non-hydrogen) atoms. The molecule has 0 saturated heterocycles. The molecule has 0 saturated carbocycles. The van der Waals surface area contributed by atoms with Crippen LogP contribution in [-0.2, 0) is 14.3 Å². The second-order valence-electron chi connectivity index (χ2n) is 2.77. The third-order valence-electron chi connectivity index (χ3n) is 1.53. The summed E-state index contributed by atoms with van der Waals surface area (Å²) in [6.07, 6.45) is 1.36. The van der Waals surface area contributed by atoms with E-state index in [9.17, 15) is 4.79 Å². The van der Waals surface area contributed by atoms with E-state index in [-0.39, 0.29) is 6.42 Å². The Kier molecular flexibility index (Phi) is 8.34. The molecule has 0 amide bonds. The van der Waals surface area contributed by atoms with Gasteiger partial charge in [0, 0.05) is 12.7 Å². The largest absolute Gasteiger partial charge is 0.463 e. The van der Waals surface area contributed by atoms with Gasteiger partial charge in [-0.05, 0) is 12.8 Å². The Morgan fingerprint density at radius 1 is 1.53 bits per heavy atom. The standard InChI is InChI=1S/C10H15NO4/c1-2-9(12)14-7-3-4-8-15-10(13)5-6-11/h2,10,13H,1,3-5,7-8H2. The number of aliphatic hydroxyl groups is 1. The van der Waals surface area contributed by atoms with Crippen LogP contribution in [0.4, 0.5) is 0 Å². The van der Waals surface area contributed by atoms with Gasteiger partial charge in [0.1, 0.15) is 0 Å². The van der Waals surface area contributed by atoms with Crippen LogP contribution in [0.25, 0.3) is 0 Å². The van der Waals surface area contributed by atoms with Gasteiger partial charge in [-0.25, -0.2) is 4.79 Å². The fraction of sp³-hybridized carbons (Fsp3) is 0.600. The minimum absolute atomic E-state index is 0.0363. The quantitative estimate of drug-likeness (QED) is 0.278. The molecule has 0 aromatic rings. The van der Waals surface area contributed by atoms with Crippen molar-refractivity contribution in [3.8, 4) is 6.07 Å². The Hall–Kier alpha value is -1.38. The fourth-order valence-corrected chi connectivity index (χ4v) is 0.792. The van der Waals surface area contributed by atoms with E-state index < -0.39 is 12.3 Å². The number of hydrogen-bond donors (Lipinski definition) is 1. The van der Waals surface area contributed by atoms with Crippen molar-refractivity contribution in [2.24, 2.45) is 0 Å². The van der Waals surface area contributed by atoms with E-state index in [1.54, 1.807) is 6.07 Å². The molecule has 5 nitrogen and oxygen atoms in total. The summed E-state index contributed by atoms with van der Waals surface area (Å²) in [6, 6.07) is 1.79. The minimum Gasteiger partial charge on any atom is -0.463 e. The number of nitrogens with zero attached hydrogens (tertiary/aromatic N) is 1. The third-order valence-corrected chi connectivity index (χ3v) is 1.53. The lowest BCUT2D eigenvalue weighted by molar-refractivity contribution is -0.138. The van der Waals surface area contributed by atoms with E-state index >= 15 is 0 Å². The van der Waals surface area contributed by atoms with Gasteiger partial charge in [0.15, 0.2) is 6.29 Å². The maximum Gasteiger partial charge on any atom is 0.330 e. The van der Waals surface area contributed by atoms with Crippen LogP contribution in [0.2, 0.25) is 0 Å². The summed E-state index contributed by atoms with van der Waals surface area (Å²) in [4.78, 5) is 10.6. The molecule has 0 radical (unpaired) electrons. The number of carbonyl (C=O) groups excluding carboxylic acids is 1. The van der Waals surface area contributed by atoms with Gasteiger partial charge in [-0.15, -0.1) is 0 Å². The van der Waals surface area contributed by atoms with Gasteiger partial charge in [0.25, 0.3) is 0 Å². The first kappa shape index (κ1) is 13.6. The van der Waals surface area contributed by atoms with Gasteiger partial charge in [-0.2, -0.15) is 5.26 Å². The van der Waals surface area contributed by atoms with Crippen molar-refractivity contribution in [2.75, 3.05) is 13.2 Å². The number of aliphatic hydroxyl groups excluding tert-OH is 1. The van der Waals surface area contributed by atoms with Gasteiger partial charge in [-0.3, -0.25) is 0 Å². The summed E-state index contributed by atoms with van der Waals surface area (Å²) in [7, 11) is 0. The van der Waals surface area contributed by atoms with Crippen LogP contribution in [-0.4, -0.2) is 30.6 Å². The Labute approximate surface area is 88.9 Å². The second kappa shape index (κ2) is 9.19. The highest BCUT2D eigenvalue weighted by atomic mass is 16.6. The van der Waals surface area contributed by atoms with Gasteiger partial charge < -0.3 is 14.6 Å². The highest BCUT2D eigenvalue weighted by Crippen LogP contribution is 1.97. The molecular formula is C10H15NO4. The lowest BCUT2D eigenvalue weighted by Crippen LogP contribution is -2.12. The molecule has 5 heteroatoms. The summed E-state index contributed by atoms with van der Waals surface area (Å²) in [5.74, 6) is -0.444. The summed E-state index contributed by atoms with van der Waals surface area (Å²) < 4.78 is 9.61. The number of carbonyl (C=O) groups is 1. The summed E-state index contributed by atoms with van der Waals surface area (Å²) in [5.41, 5.74) is 0. The van der Waals surface area contributed by atoms with E-state index in [0.29, 0.717) is 26.1 Å². The molecular weight excluding hydrogens is 198 g/mol. The van der Waals surface area contributed by atoms with Crippen LogP contribution >= 0.6 is 0 Å². The van der Waals surface area contributed by atoms with Crippen molar-refractivity contribution in [1.29, 1.82) is 5.26 Å². The molecule has 1 atom stereocenters. The molecule has 84 valence electrons. The highest BCUT2D eigenvalue weighted by Gasteiger charge is 2.02. The number of unbranched alkanes of at least 4 members (excludes halogenated alkanes) is 1. The summed E-state index contributed by atoms with van der Waals surface area (Å²) in [5, 5.41) is 17.2. The Morgan fingerprint density at radius 3 is 2.80 bits per heavy atom. The SMILES string of the molecule is C=CC(=O)OCCCCOC(O)CC#N. The molecule has 1 unspecified atom stereocenters. The smallest absolute Gasteiger partial charge is 0.330 e. The van der Waals surface area contributed by atoms with E-state index in [4.69, 9.17) is 19.8 Å². The molecule has 0 aliphatic carbocycles. The molecule has 1 N–H and O–H groups in total. The van der Waals surface area contributed by atoms with Crippen molar-refractivity contribution in [3.63, 3.8) is 0 Å². The summed E-state index contributed by atoms with van der Waals surface area (Å²) >= 11 is 0. The normalized spacial score (nSPS) is 11.5. The first-order valence-electron chi connectivity index (χ1n) is 4.66. The van der Waals surface area contributed by atoms with E-state index in [1.807, 2.05) is 0 Å². The zero-order valence-electron chi connectivity index (χ0n) is 8.52. The molecule has 0 fully saturated rings.